The third-order valence-corrected chi connectivity index (χ3v) is 9.95. The molecule has 0 aliphatic heterocycles. The number of aromatic nitrogens is 2. The van der Waals surface area contributed by atoms with Crippen molar-refractivity contribution in [1.29, 1.82) is 0 Å². The number of para-hydroxylation sites is 1. The number of benzene rings is 9. The number of nitrogens with zero attached hydrogens (tertiary/aromatic N) is 2. The predicted molar refractivity (Wildman–Crippen MR) is 207 cm³/mol. The van der Waals surface area contributed by atoms with Crippen LogP contribution in [0.3, 0.4) is 0 Å². The first kappa shape index (κ1) is 27.6. The summed E-state index contributed by atoms with van der Waals surface area (Å²) in [5.41, 5.74) is 9.11. The largest absolute Gasteiger partial charge is 0.292 e. The molecule has 0 N–H and O–H groups in total. The maximum Gasteiger partial charge on any atom is 0.145 e. The van der Waals surface area contributed by atoms with Gasteiger partial charge in [-0.15, -0.1) is 0 Å². The molecule has 0 atom stereocenters. The van der Waals surface area contributed by atoms with Gasteiger partial charge in [0.2, 0.25) is 0 Å². The quantitative estimate of drug-likeness (QED) is 0.179. The standard InChI is InChI=1S/C47H30N2/c1-3-14-32(15-4-1)47-48-45-28-35(25-26-46(45)49(47)36-17-5-2-6-18-36)42-30-44-39-21-11-9-19-37(39)41(29-43(44)40-22-12-10-20-38(40)42)34-24-23-31-13-7-8-16-33(31)27-34/h1-30H. The molecule has 49 heavy (non-hydrogen) atoms. The smallest absolute Gasteiger partial charge is 0.145 e. The second-order valence-electron chi connectivity index (χ2n) is 12.8. The fourth-order valence-corrected chi connectivity index (χ4v) is 7.65. The van der Waals surface area contributed by atoms with E-state index in [4.69, 9.17) is 4.98 Å². The van der Waals surface area contributed by atoms with Crippen LogP contribution in [0.25, 0.3) is 93.5 Å². The molecule has 1 aromatic heterocycles. The lowest BCUT2D eigenvalue weighted by Crippen LogP contribution is -1.97. The Kier molecular flexibility index (Phi) is 6.22. The van der Waals surface area contributed by atoms with Gasteiger partial charge in [-0.25, -0.2) is 4.98 Å². The summed E-state index contributed by atoms with van der Waals surface area (Å²) in [7, 11) is 0. The summed E-state index contributed by atoms with van der Waals surface area (Å²) in [5.74, 6) is 0.939. The zero-order valence-corrected chi connectivity index (χ0v) is 26.7. The Balaban J connectivity index is 1.22. The van der Waals surface area contributed by atoms with Crippen molar-refractivity contribution in [2.45, 2.75) is 0 Å². The molecule has 0 spiro atoms. The van der Waals surface area contributed by atoms with Crippen LogP contribution in [0.2, 0.25) is 0 Å². The van der Waals surface area contributed by atoms with E-state index in [-0.39, 0.29) is 0 Å². The summed E-state index contributed by atoms with van der Waals surface area (Å²) in [5, 5.41) is 10.0. The van der Waals surface area contributed by atoms with E-state index in [2.05, 4.69) is 187 Å². The Morgan fingerprint density at radius 3 is 1.55 bits per heavy atom. The van der Waals surface area contributed by atoms with Gasteiger partial charge in [0.1, 0.15) is 5.82 Å². The molecule has 0 aliphatic rings. The van der Waals surface area contributed by atoms with Gasteiger partial charge in [-0.05, 0) is 108 Å². The van der Waals surface area contributed by atoms with Crippen LogP contribution in [0, 0.1) is 0 Å². The number of imidazole rings is 1. The van der Waals surface area contributed by atoms with Crippen LogP contribution in [0.4, 0.5) is 0 Å². The first-order valence-electron chi connectivity index (χ1n) is 16.8. The van der Waals surface area contributed by atoms with Gasteiger partial charge in [0.05, 0.1) is 11.0 Å². The minimum atomic E-state index is 0.939. The van der Waals surface area contributed by atoms with Gasteiger partial charge in [0, 0.05) is 11.3 Å². The van der Waals surface area contributed by atoms with Crippen LogP contribution < -0.4 is 0 Å². The van der Waals surface area contributed by atoms with E-state index < -0.39 is 0 Å². The van der Waals surface area contributed by atoms with Gasteiger partial charge in [0.25, 0.3) is 0 Å². The molecule has 2 nitrogen and oxygen atoms in total. The maximum atomic E-state index is 5.27. The second-order valence-corrected chi connectivity index (χ2v) is 12.8. The SMILES string of the molecule is c1ccc(-c2nc3cc(-c4cc5c6ccccc6c(-c6ccc7ccccc7c6)cc5c5ccccc45)ccc3n2-c2ccccc2)cc1. The van der Waals surface area contributed by atoms with Crippen LogP contribution in [-0.2, 0) is 0 Å². The van der Waals surface area contributed by atoms with Gasteiger partial charge in [-0.3, -0.25) is 4.57 Å². The average molecular weight is 623 g/mol. The monoisotopic (exact) mass is 622 g/mol. The van der Waals surface area contributed by atoms with Crippen molar-refractivity contribution in [3.05, 3.63) is 182 Å². The minimum absolute atomic E-state index is 0.939. The predicted octanol–water partition coefficient (Wildman–Crippen LogP) is 12.6. The van der Waals surface area contributed by atoms with E-state index in [0.717, 1.165) is 33.7 Å². The van der Waals surface area contributed by atoms with Gasteiger partial charge in [-0.1, -0.05) is 140 Å². The first-order valence-corrected chi connectivity index (χ1v) is 16.8. The summed E-state index contributed by atoms with van der Waals surface area (Å²) in [6.07, 6.45) is 0. The summed E-state index contributed by atoms with van der Waals surface area (Å²) < 4.78 is 2.27. The van der Waals surface area contributed by atoms with Gasteiger partial charge >= 0.3 is 0 Å². The Morgan fingerprint density at radius 1 is 0.347 bits per heavy atom. The van der Waals surface area contributed by atoms with Gasteiger partial charge < -0.3 is 0 Å². The Bertz CT molecular complexity index is 2860. The van der Waals surface area contributed by atoms with E-state index in [1.54, 1.807) is 0 Å². The summed E-state index contributed by atoms with van der Waals surface area (Å²) in [6, 6.07) is 65.7. The van der Waals surface area contributed by atoms with Crippen molar-refractivity contribution >= 4 is 54.1 Å². The first-order chi connectivity index (χ1) is 24.3. The van der Waals surface area contributed by atoms with Crippen LogP contribution in [0.1, 0.15) is 0 Å². The molecule has 1 heterocycles. The highest BCUT2D eigenvalue weighted by molar-refractivity contribution is 6.24. The Morgan fingerprint density at radius 2 is 0.878 bits per heavy atom. The maximum absolute atomic E-state index is 5.27. The molecule has 0 saturated heterocycles. The van der Waals surface area contributed by atoms with E-state index in [9.17, 15) is 0 Å². The Labute approximate surface area is 284 Å². The number of rotatable bonds is 4. The van der Waals surface area contributed by atoms with Gasteiger partial charge in [0.15, 0.2) is 0 Å². The zero-order chi connectivity index (χ0) is 32.3. The van der Waals surface area contributed by atoms with Crippen molar-refractivity contribution in [1.82, 2.24) is 9.55 Å². The third-order valence-electron chi connectivity index (χ3n) is 9.95. The van der Waals surface area contributed by atoms with Crippen molar-refractivity contribution in [3.63, 3.8) is 0 Å². The molecule has 0 saturated carbocycles. The number of hydrogen-bond acceptors (Lipinski definition) is 1. The lowest BCUT2D eigenvalue weighted by atomic mass is 9.87. The fraction of sp³-hybridized carbons (Fsp3) is 0. The molecule has 0 fully saturated rings. The molecule has 0 unspecified atom stereocenters. The Hall–Kier alpha value is -6.51. The normalized spacial score (nSPS) is 11.7. The van der Waals surface area contributed by atoms with Crippen LogP contribution >= 0.6 is 0 Å². The molecule has 0 radical (unpaired) electrons. The average Bonchev–Trinajstić information content (AvgIpc) is 3.57. The number of fused-ring (bicyclic) bond motifs is 7. The number of hydrogen-bond donors (Lipinski definition) is 0. The fourth-order valence-electron chi connectivity index (χ4n) is 7.65. The van der Waals surface area contributed by atoms with Crippen LogP contribution in [0.15, 0.2) is 182 Å². The minimum Gasteiger partial charge on any atom is -0.292 e. The molecule has 10 rings (SSSR count). The van der Waals surface area contributed by atoms with E-state index in [1.807, 2.05) is 0 Å². The molecule has 0 aliphatic carbocycles. The van der Waals surface area contributed by atoms with Crippen molar-refractivity contribution in [2.75, 3.05) is 0 Å². The molecule has 9 aromatic carbocycles. The topological polar surface area (TPSA) is 17.8 Å². The van der Waals surface area contributed by atoms with Crippen molar-refractivity contribution in [3.8, 4) is 39.3 Å². The molecule has 228 valence electrons. The third kappa shape index (κ3) is 4.46. The highest BCUT2D eigenvalue weighted by atomic mass is 15.1. The zero-order valence-electron chi connectivity index (χ0n) is 26.7. The van der Waals surface area contributed by atoms with E-state index >= 15 is 0 Å². The molecule has 0 amide bonds. The molecule has 0 bridgehead atoms. The summed E-state index contributed by atoms with van der Waals surface area (Å²) in [4.78, 5) is 5.27. The summed E-state index contributed by atoms with van der Waals surface area (Å²) >= 11 is 0. The highest BCUT2D eigenvalue weighted by Gasteiger charge is 2.18. The molecular weight excluding hydrogens is 593 g/mol. The van der Waals surface area contributed by atoms with Crippen molar-refractivity contribution < 1.29 is 0 Å². The van der Waals surface area contributed by atoms with E-state index in [0.29, 0.717) is 0 Å². The molecule has 10 aromatic rings. The van der Waals surface area contributed by atoms with Crippen molar-refractivity contribution in [2.24, 2.45) is 0 Å². The lowest BCUT2D eigenvalue weighted by molar-refractivity contribution is 1.10. The second kappa shape index (κ2) is 11.0. The summed E-state index contributed by atoms with van der Waals surface area (Å²) in [6.45, 7) is 0. The molecule has 2 heteroatoms. The van der Waals surface area contributed by atoms with Gasteiger partial charge in [-0.2, -0.15) is 0 Å². The molecular formula is C47H30N2. The lowest BCUT2D eigenvalue weighted by Gasteiger charge is -2.16. The highest BCUT2D eigenvalue weighted by Crippen LogP contribution is 2.43. The van der Waals surface area contributed by atoms with Crippen LogP contribution in [0.5, 0.6) is 0 Å². The van der Waals surface area contributed by atoms with E-state index in [1.165, 1.54) is 59.8 Å². The van der Waals surface area contributed by atoms with Crippen LogP contribution in [-0.4, -0.2) is 9.55 Å².